The van der Waals surface area contributed by atoms with Crippen LogP contribution in [-0.4, -0.2) is 48.8 Å². The quantitative estimate of drug-likeness (QED) is 0.140. The van der Waals surface area contributed by atoms with Crippen molar-refractivity contribution in [3.05, 3.63) is 64.2 Å². The molecular weight excluding hydrogens is 549 g/mol. The van der Waals surface area contributed by atoms with Crippen molar-refractivity contribution < 1.29 is 23.8 Å². The van der Waals surface area contributed by atoms with Crippen molar-refractivity contribution in [2.45, 2.75) is 38.5 Å². The van der Waals surface area contributed by atoms with E-state index in [9.17, 15) is 9.18 Å². The Balaban J connectivity index is 0.00000181. The standard InChI is InChI=1S/C29H30FN3O3S2.CH4O/c1-35-11-12-36-24-10-9-20(16-23(24)30)27-26(14-19-6-3-2-4-7-19)38-29(32-27)33-28-22(18-34)15-21(17-31-28)25-8-5-13-37-25;1-2/h5,8-10,13,15-19H,2-4,6-7,11-12,14H2,1H3,(H,31,32,33);2H,1H3. The molecule has 3 heterocycles. The van der Waals surface area contributed by atoms with Gasteiger partial charge < -0.3 is 19.9 Å². The van der Waals surface area contributed by atoms with Crippen molar-refractivity contribution in [2.24, 2.45) is 5.92 Å². The van der Waals surface area contributed by atoms with Crippen LogP contribution in [0.3, 0.4) is 0 Å². The number of pyridine rings is 1. The van der Waals surface area contributed by atoms with Gasteiger partial charge >= 0.3 is 0 Å². The van der Waals surface area contributed by atoms with Gasteiger partial charge in [0.1, 0.15) is 12.4 Å². The molecule has 0 aliphatic heterocycles. The molecular formula is C30H34FN3O4S2. The summed E-state index contributed by atoms with van der Waals surface area (Å²) < 4.78 is 25.4. The summed E-state index contributed by atoms with van der Waals surface area (Å²) in [5, 5.41) is 12.9. The van der Waals surface area contributed by atoms with Gasteiger partial charge in [-0.2, -0.15) is 0 Å². The summed E-state index contributed by atoms with van der Waals surface area (Å²) in [7, 11) is 2.58. The predicted molar refractivity (Wildman–Crippen MR) is 160 cm³/mol. The Morgan fingerprint density at radius 1 is 1.12 bits per heavy atom. The third kappa shape index (κ3) is 7.51. The number of nitrogens with zero attached hydrogens (tertiary/aromatic N) is 2. The number of aldehydes is 1. The fourth-order valence-corrected chi connectivity index (χ4v) is 6.58. The van der Waals surface area contributed by atoms with Crippen molar-refractivity contribution in [3.8, 4) is 27.4 Å². The molecule has 3 aromatic heterocycles. The number of hydrogen-bond acceptors (Lipinski definition) is 9. The van der Waals surface area contributed by atoms with Crippen LogP contribution in [0.25, 0.3) is 21.7 Å². The van der Waals surface area contributed by atoms with Gasteiger partial charge in [0.2, 0.25) is 0 Å². The topological polar surface area (TPSA) is 93.6 Å². The summed E-state index contributed by atoms with van der Waals surface area (Å²) >= 11 is 3.14. The first-order chi connectivity index (χ1) is 19.6. The van der Waals surface area contributed by atoms with Gasteiger partial charge in [-0.05, 0) is 48.1 Å². The first-order valence-corrected chi connectivity index (χ1v) is 15.0. The van der Waals surface area contributed by atoms with Crippen LogP contribution in [0.2, 0.25) is 0 Å². The van der Waals surface area contributed by atoms with Crippen LogP contribution < -0.4 is 10.1 Å². The highest BCUT2D eigenvalue weighted by molar-refractivity contribution is 7.16. The minimum absolute atomic E-state index is 0.193. The lowest BCUT2D eigenvalue weighted by atomic mass is 9.86. The van der Waals surface area contributed by atoms with E-state index in [1.165, 1.54) is 38.2 Å². The van der Waals surface area contributed by atoms with E-state index >= 15 is 0 Å². The lowest BCUT2D eigenvalue weighted by molar-refractivity contribution is 0.112. The molecule has 1 fully saturated rings. The number of carbonyl (C=O) groups is 1. The average molecular weight is 584 g/mol. The van der Waals surface area contributed by atoms with Crippen molar-refractivity contribution in [1.29, 1.82) is 0 Å². The molecule has 0 atom stereocenters. The molecule has 2 N–H and O–H groups in total. The number of hydrogen-bond donors (Lipinski definition) is 2. The Bertz CT molecular complexity index is 1370. The number of aliphatic hydroxyl groups excluding tert-OH is 1. The highest BCUT2D eigenvalue weighted by Crippen LogP contribution is 2.38. The van der Waals surface area contributed by atoms with Gasteiger partial charge in [0.05, 0.1) is 17.9 Å². The number of halogens is 1. The fraction of sp³-hybridized carbons (Fsp3) is 0.367. The second kappa shape index (κ2) is 15.0. The van der Waals surface area contributed by atoms with Gasteiger partial charge in [-0.25, -0.2) is 14.4 Å². The fourth-order valence-electron chi connectivity index (χ4n) is 4.78. The van der Waals surface area contributed by atoms with Crippen LogP contribution in [0, 0.1) is 11.7 Å². The first kappa shape index (κ1) is 29.8. The number of ether oxygens (including phenoxy) is 2. The zero-order chi connectivity index (χ0) is 28.3. The number of carbonyl (C=O) groups excluding carboxylic acids is 1. The summed E-state index contributed by atoms with van der Waals surface area (Å²) in [6, 6.07) is 10.8. The molecule has 0 saturated heterocycles. The van der Waals surface area contributed by atoms with Crippen LogP contribution in [-0.2, 0) is 11.2 Å². The number of nitrogens with one attached hydrogen (secondary N) is 1. The third-order valence-electron chi connectivity index (χ3n) is 6.72. The number of aliphatic hydroxyl groups is 1. The maximum Gasteiger partial charge on any atom is 0.189 e. The minimum atomic E-state index is -0.432. The van der Waals surface area contributed by atoms with E-state index < -0.39 is 5.82 Å². The largest absolute Gasteiger partial charge is 0.488 e. The van der Waals surface area contributed by atoms with Crippen LogP contribution in [0.15, 0.2) is 48.0 Å². The summed E-state index contributed by atoms with van der Waals surface area (Å²) in [6.45, 7) is 0.667. The Kier molecular flexibility index (Phi) is 11.2. The van der Waals surface area contributed by atoms with Crippen LogP contribution in [0.1, 0.15) is 47.3 Å². The van der Waals surface area contributed by atoms with E-state index in [4.69, 9.17) is 19.6 Å². The molecule has 10 heteroatoms. The molecule has 0 spiro atoms. The Labute approximate surface area is 242 Å². The molecule has 7 nitrogen and oxygen atoms in total. The highest BCUT2D eigenvalue weighted by atomic mass is 32.1. The normalized spacial score (nSPS) is 13.4. The second-order valence-corrected chi connectivity index (χ2v) is 11.4. The third-order valence-corrected chi connectivity index (χ3v) is 8.63. The van der Waals surface area contributed by atoms with E-state index in [-0.39, 0.29) is 12.4 Å². The van der Waals surface area contributed by atoms with Crippen LogP contribution >= 0.6 is 22.7 Å². The molecule has 4 aromatic rings. The molecule has 1 aliphatic rings. The molecule has 1 aliphatic carbocycles. The Hall–Kier alpha value is -3.18. The summed E-state index contributed by atoms with van der Waals surface area (Å²) in [4.78, 5) is 23.5. The molecule has 1 aromatic carbocycles. The first-order valence-electron chi connectivity index (χ1n) is 13.3. The van der Waals surface area contributed by atoms with Gasteiger partial charge in [0.15, 0.2) is 23.0 Å². The predicted octanol–water partition coefficient (Wildman–Crippen LogP) is 7.39. The molecule has 1 saturated carbocycles. The SMILES string of the molecule is CO.COCCOc1ccc(-c2nc(Nc3ncc(-c4cccs4)cc3C=O)sc2CC2CCCCC2)cc1F. The molecule has 0 amide bonds. The van der Waals surface area contributed by atoms with E-state index in [0.29, 0.717) is 34.6 Å². The highest BCUT2D eigenvalue weighted by Gasteiger charge is 2.21. The van der Waals surface area contributed by atoms with E-state index in [1.54, 1.807) is 42.0 Å². The van der Waals surface area contributed by atoms with E-state index in [1.807, 2.05) is 29.6 Å². The van der Waals surface area contributed by atoms with Gasteiger partial charge in [-0.3, -0.25) is 4.79 Å². The Morgan fingerprint density at radius 3 is 2.65 bits per heavy atom. The summed E-state index contributed by atoms with van der Waals surface area (Å²) in [5.41, 5.74) is 2.82. The van der Waals surface area contributed by atoms with Crippen molar-refractivity contribution in [2.75, 3.05) is 32.8 Å². The maximum atomic E-state index is 14.9. The molecule has 0 radical (unpaired) electrons. The average Bonchev–Trinajstić information content (AvgIpc) is 3.67. The summed E-state index contributed by atoms with van der Waals surface area (Å²) in [6.07, 6.45) is 9.63. The number of thiazole rings is 1. The molecule has 40 heavy (non-hydrogen) atoms. The number of benzene rings is 1. The zero-order valence-corrected chi connectivity index (χ0v) is 24.3. The van der Waals surface area contributed by atoms with E-state index in [2.05, 4.69) is 10.3 Å². The van der Waals surface area contributed by atoms with Crippen molar-refractivity contribution in [1.82, 2.24) is 9.97 Å². The molecule has 0 unspecified atom stereocenters. The van der Waals surface area contributed by atoms with Gasteiger partial charge in [-0.15, -0.1) is 22.7 Å². The van der Waals surface area contributed by atoms with Crippen LogP contribution in [0.5, 0.6) is 5.75 Å². The lowest BCUT2D eigenvalue weighted by Crippen LogP contribution is -2.09. The Morgan fingerprint density at radius 2 is 1.95 bits per heavy atom. The van der Waals surface area contributed by atoms with Gasteiger partial charge in [-0.1, -0.05) is 38.2 Å². The number of methoxy groups -OCH3 is 1. The van der Waals surface area contributed by atoms with Crippen molar-refractivity contribution in [3.63, 3.8) is 0 Å². The summed E-state index contributed by atoms with van der Waals surface area (Å²) in [5.74, 6) is 0.807. The number of aromatic nitrogens is 2. The lowest BCUT2D eigenvalue weighted by Gasteiger charge is -2.21. The monoisotopic (exact) mass is 583 g/mol. The van der Waals surface area contributed by atoms with Gasteiger partial charge in [0, 0.05) is 41.3 Å². The molecule has 5 rings (SSSR count). The number of rotatable bonds is 11. The maximum absolute atomic E-state index is 14.9. The molecule has 212 valence electrons. The zero-order valence-electron chi connectivity index (χ0n) is 22.7. The number of anilines is 2. The smallest absolute Gasteiger partial charge is 0.189 e. The number of thiophene rings is 1. The second-order valence-electron chi connectivity index (χ2n) is 9.37. The van der Waals surface area contributed by atoms with E-state index in [0.717, 1.165) is 40.8 Å². The molecule has 0 bridgehead atoms. The van der Waals surface area contributed by atoms with Crippen molar-refractivity contribution >= 4 is 39.9 Å². The van der Waals surface area contributed by atoms with Gasteiger partial charge in [0.25, 0.3) is 0 Å². The van der Waals surface area contributed by atoms with Crippen LogP contribution in [0.4, 0.5) is 15.3 Å². The minimum Gasteiger partial charge on any atom is -0.488 e.